The zero-order valence-electron chi connectivity index (χ0n) is 8.22. The summed E-state index contributed by atoms with van der Waals surface area (Å²) in [4.78, 5) is 0. The first kappa shape index (κ1) is 9.10. The van der Waals surface area contributed by atoms with Crippen LogP contribution >= 0.6 is 11.6 Å². The summed E-state index contributed by atoms with van der Waals surface area (Å²) in [7, 11) is 0. The predicted octanol–water partition coefficient (Wildman–Crippen LogP) is 3.71. The lowest BCUT2D eigenvalue weighted by molar-refractivity contribution is 0.563. The molecule has 77 valence electrons. The Bertz CT molecular complexity index is 487. The van der Waals surface area contributed by atoms with Crippen molar-refractivity contribution in [3.63, 3.8) is 0 Å². The third-order valence-electron chi connectivity index (χ3n) is 2.77. The average Bonchev–Trinajstić information content (AvgIpc) is 2.92. The predicted molar refractivity (Wildman–Crippen MR) is 61.3 cm³/mol. The maximum atomic E-state index is 6.01. The number of rotatable bonds is 3. The summed E-state index contributed by atoms with van der Waals surface area (Å²) in [5.41, 5.74) is 1.05. The molecule has 2 aromatic rings. The normalized spacial score (nSPS) is 15.8. The van der Waals surface area contributed by atoms with Crippen molar-refractivity contribution in [2.75, 3.05) is 11.9 Å². The molecule has 2 nitrogen and oxygen atoms in total. The molecule has 3 heteroatoms. The van der Waals surface area contributed by atoms with Gasteiger partial charge in [-0.1, -0.05) is 11.6 Å². The topological polar surface area (TPSA) is 25.2 Å². The van der Waals surface area contributed by atoms with Gasteiger partial charge in [0.1, 0.15) is 6.26 Å². The third-order valence-corrected chi connectivity index (χ3v) is 2.99. The Morgan fingerprint density at radius 3 is 3.13 bits per heavy atom. The Labute approximate surface area is 93.2 Å². The first-order chi connectivity index (χ1) is 7.33. The fraction of sp³-hybridized carbons (Fsp3) is 0.333. The Morgan fingerprint density at radius 2 is 2.33 bits per heavy atom. The van der Waals surface area contributed by atoms with Crippen LogP contribution in [0.15, 0.2) is 22.8 Å². The standard InChI is InChI=1S/C12H11ClNO/c13-10-3-9-6-15-7-11(9)12(4-10)14-5-8-1-2-8/h3-4,7-8,14H,1-2,5H2. The van der Waals surface area contributed by atoms with E-state index >= 15 is 0 Å². The van der Waals surface area contributed by atoms with Gasteiger partial charge in [0.25, 0.3) is 0 Å². The van der Waals surface area contributed by atoms with Gasteiger partial charge in [0.2, 0.25) is 0 Å². The Balaban J connectivity index is 1.95. The molecule has 1 heterocycles. The van der Waals surface area contributed by atoms with Gasteiger partial charge < -0.3 is 9.73 Å². The fourth-order valence-electron chi connectivity index (χ4n) is 1.70. The van der Waals surface area contributed by atoms with Crippen molar-refractivity contribution in [1.29, 1.82) is 0 Å². The lowest BCUT2D eigenvalue weighted by Crippen LogP contribution is -2.03. The van der Waals surface area contributed by atoms with E-state index in [4.69, 9.17) is 16.0 Å². The van der Waals surface area contributed by atoms with Gasteiger partial charge in [0, 0.05) is 28.0 Å². The zero-order chi connectivity index (χ0) is 10.3. The average molecular weight is 221 g/mol. The molecule has 0 saturated heterocycles. The molecule has 1 saturated carbocycles. The minimum Gasteiger partial charge on any atom is -0.460 e. The molecule has 0 bridgehead atoms. The van der Waals surface area contributed by atoms with Gasteiger partial charge in [-0.05, 0) is 30.9 Å². The second-order valence-electron chi connectivity index (χ2n) is 4.08. The first-order valence-electron chi connectivity index (χ1n) is 5.15. The van der Waals surface area contributed by atoms with Crippen molar-refractivity contribution in [2.45, 2.75) is 12.8 Å². The summed E-state index contributed by atoms with van der Waals surface area (Å²) in [5, 5.41) is 6.12. The van der Waals surface area contributed by atoms with Crippen LogP contribution in [0.25, 0.3) is 10.8 Å². The minimum absolute atomic E-state index is 0.721. The summed E-state index contributed by atoms with van der Waals surface area (Å²) in [5.74, 6) is 0.843. The largest absolute Gasteiger partial charge is 0.460 e. The number of halogens is 1. The van der Waals surface area contributed by atoms with Crippen molar-refractivity contribution in [3.05, 3.63) is 29.7 Å². The molecule has 0 aliphatic heterocycles. The number of nitrogens with one attached hydrogen (secondary N) is 1. The molecule has 1 radical (unpaired) electrons. The van der Waals surface area contributed by atoms with Gasteiger partial charge in [0.15, 0.2) is 6.26 Å². The summed E-state index contributed by atoms with van der Waals surface area (Å²) >= 11 is 6.01. The second kappa shape index (κ2) is 3.46. The maximum absolute atomic E-state index is 6.01. The highest BCUT2D eigenvalue weighted by Gasteiger charge is 2.21. The molecule has 1 aromatic carbocycles. The molecule has 1 aliphatic carbocycles. The van der Waals surface area contributed by atoms with E-state index in [2.05, 4.69) is 11.6 Å². The molecule has 1 aromatic heterocycles. The van der Waals surface area contributed by atoms with Crippen LogP contribution in [0.1, 0.15) is 12.8 Å². The van der Waals surface area contributed by atoms with Crippen LogP contribution in [-0.2, 0) is 0 Å². The van der Waals surface area contributed by atoms with Crippen LogP contribution in [0.4, 0.5) is 5.69 Å². The Hall–Kier alpha value is -1.15. The lowest BCUT2D eigenvalue weighted by atomic mass is 10.2. The highest BCUT2D eigenvalue weighted by Crippen LogP contribution is 2.32. The summed E-state index contributed by atoms with van der Waals surface area (Å²) in [6, 6.07) is 3.80. The van der Waals surface area contributed by atoms with E-state index in [1.54, 1.807) is 6.26 Å². The molecule has 0 unspecified atom stereocenters. The number of anilines is 1. The van der Waals surface area contributed by atoms with Crippen molar-refractivity contribution in [1.82, 2.24) is 0 Å². The third kappa shape index (κ3) is 1.82. The molecule has 15 heavy (non-hydrogen) atoms. The number of hydrogen-bond donors (Lipinski definition) is 1. The fourth-order valence-corrected chi connectivity index (χ4v) is 1.92. The SMILES string of the molecule is Clc1cc(NCC2CC2)c2co[c]c2c1. The number of furan rings is 1. The van der Waals surface area contributed by atoms with Crippen molar-refractivity contribution in [3.8, 4) is 0 Å². The van der Waals surface area contributed by atoms with Gasteiger partial charge in [0.05, 0.1) is 0 Å². The second-order valence-corrected chi connectivity index (χ2v) is 4.51. The van der Waals surface area contributed by atoms with E-state index in [0.29, 0.717) is 0 Å². The highest BCUT2D eigenvalue weighted by molar-refractivity contribution is 6.31. The molecule has 3 rings (SSSR count). The Kier molecular flexibility index (Phi) is 2.10. The Morgan fingerprint density at radius 1 is 1.47 bits per heavy atom. The van der Waals surface area contributed by atoms with Crippen LogP contribution < -0.4 is 5.32 Å². The first-order valence-corrected chi connectivity index (χ1v) is 5.53. The zero-order valence-corrected chi connectivity index (χ0v) is 8.97. The van der Waals surface area contributed by atoms with Gasteiger partial charge in [-0.3, -0.25) is 0 Å². The van der Waals surface area contributed by atoms with Crippen molar-refractivity contribution < 1.29 is 4.42 Å². The summed E-state index contributed by atoms with van der Waals surface area (Å²) < 4.78 is 5.06. The van der Waals surface area contributed by atoms with Crippen LogP contribution in [0.5, 0.6) is 0 Å². The molecule has 0 amide bonds. The lowest BCUT2D eigenvalue weighted by Gasteiger charge is -2.06. The van der Waals surface area contributed by atoms with E-state index in [9.17, 15) is 0 Å². The van der Waals surface area contributed by atoms with Gasteiger partial charge in [-0.2, -0.15) is 0 Å². The van der Waals surface area contributed by atoms with Crippen LogP contribution in [0.2, 0.25) is 5.02 Å². The maximum Gasteiger partial charge on any atom is 0.177 e. The number of fused-ring (bicyclic) bond motifs is 1. The minimum atomic E-state index is 0.721. The molecule has 0 atom stereocenters. The van der Waals surface area contributed by atoms with E-state index in [-0.39, 0.29) is 0 Å². The van der Waals surface area contributed by atoms with E-state index < -0.39 is 0 Å². The van der Waals surface area contributed by atoms with Crippen LogP contribution in [-0.4, -0.2) is 6.54 Å². The molecular formula is C12H11ClNO. The van der Waals surface area contributed by atoms with Gasteiger partial charge >= 0.3 is 0 Å². The van der Waals surface area contributed by atoms with Gasteiger partial charge in [-0.15, -0.1) is 0 Å². The van der Waals surface area contributed by atoms with Crippen LogP contribution in [0.3, 0.4) is 0 Å². The molecule has 1 N–H and O–H groups in total. The molecular weight excluding hydrogens is 210 g/mol. The number of benzene rings is 1. The molecule has 1 fully saturated rings. The molecule has 0 spiro atoms. The number of hydrogen-bond acceptors (Lipinski definition) is 2. The highest BCUT2D eigenvalue weighted by atomic mass is 35.5. The van der Waals surface area contributed by atoms with Gasteiger partial charge in [-0.25, -0.2) is 0 Å². The van der Waals surface area contributed by atoms with Crippen molar-refractivity contribution >= 4 is 28.1 Å². The van der Waals surface area contributed by atoms with E-state index in [0.717, 1.165) is 33.9 Å². The smallest absolute Gasteiger partial charge is 0.177 e. The summed E-state index contributed by atoms with van der Waals surface area (Å²) in [6.45, 7) is 1.03. The quantitative estimate of drug-likeness (QED) is 0.853. The van der Waals surface area contributed by atoms with E-state index in [1.165, 1.54) is 12.8 Å². The van der Waals surface area contributed by atoms with E-state index in [1.807, 2.05) is 12.1 Å². The monoisotopic (exact) mass is 220 g/mol. The summed E-state index contributed by atoms with van der Waals surface area (Å²) in [6.07, 6.45) is 7.20. The van der Waals surface area contributed by atoms with Crippen LogP contribution in [0, 0.1) is 12.2 Å². The molecule has 1 aliphatic rings. The van der Waals surface area contributed by atoms with Crippen molar-refractivity contribution in [2.24, 2.45) is 5.92 Å².